The van der Waals surface area contributed by atoms with E-state index >= 15 is 0 Å². The molecule has 0 aliphatic rings. The fourth-order valence-electron chi connectivity index (χ4n) is 1.59. The van der Waals surface area contributed by atoms with Crippen molar-refractivity contribution in [2.75, 3.05) is 19.8 Å². The van der Waals surface area contributed by atoms with E-state index < -0.39 is 0 Å². The monoisotopic (exact) mass is 262 g/mol. The van der Waals surface area contributed by atoms with E-state index in [1.165, 1.54) is 6.20 Å². The zero-order valence-corrected chi connectivity index (χ0v) is 11.1. The van der Waals surface area contributed by atoms with Crippen molar-refractivity contribution in [2.45, 2.75) is 19.9 Å². The van der Waals surface area contributed by atoms with E-state index in [0.717, 1.165) is 0 Å². The minimum absolute atomic E-state index is 0.00435. The number of carbonyl (C=O) groups is 1. The van der Waals surface area contributed by atoms with Crippen LogP contribution >= 0.6 is 0 Å². The maximum Gasteiger partial charge on any atom is 0.272 e. The van der Waals surface area contributed by atoms with Crippen LogP contribution in [0.15, 0.2) is 18.3 Å². The second-order valence-electron chi connectivity index (χ2n) is 4.21. The Morgan fingerprint density at radius 2 is 2.16 bits per heavy atom. The Bertz CT molecular complexity index is 472. The summed E-state index contributed by atoms with van der Waals surface area (Å²) in [6.45, 7) is 3.76. The van der Waals surface area contributed by atoms with Gasteiger partial charge in [0.25, 0.3) is 5.91 Å². The maximum absolute atomic E-state index is 12.2. The van der Waals surface area contributed by atoms with Gasteiger partial charge in [0.15, 0.2) is 0 Å². The number of rotatable bonds is 4. The van der Waals surface area contributed by atoms with E-state index in [2.05, 4.69) is 16.8 Å². The number of aliphatic hydroxyl groups excluding tert-OH is 2. The van der Waals surface area contributed by atoms with Crippen molar-refractivity contribution < 1.29 is 15.0 Å². The molecule has 0 bridgehead atoms. The Morgan fingerprint density at radius 3 is 2.63 bits per heavy atom. The van der Waals surface area contributed by atoms with Crippen molar-refractivity contribution in [3.63, 3.8) is 0 Å². The molecule has 5 heteroatoms. The Hall–Kier alpha value is -1.90. The third kappa shape index (κ3) is 4.36. The standard InChI is InChI=1S/C14H18N2O3/c1-11(2)16(7-9-18)14(19)13-6-5-12(10-15-13)4-3-8-17/h5-6,10-11,17-18H,7-9H2,1-2H3. The minimum Gasteiger partial charge on any atom is -0.395 e. The molecule has 0 aliphatic heterocycles. The molecule has 0 atom stereocenters. The van der Waals surface area contributed by atoms with Crippen molar-refractivity contribution in [3.05, 3.63) is 29.6 Å². The molecule has 1 amide bonds. The highest BCUT2D eigenvalue weighted by atomic mass is 16.3. The summed E-state index contributed by atoms with van der Waals surface area (Å²) < 4.78 is 0. The van der Waals surface area contributed by atoms with Gasteiger partial charge in [0, 0.05) is 24.3 Å². The van der Waals surface area contributed by atoms with Crippen molar-refractivity contribution in [3.8, 4) is 11.8 Å². The number of nitrogens with zero attached hydrogens (tertiary/aromatic N) is 2. The average molecular weight is 262 g/mol. The lowest BCUT2D eigenvalue weighted by Crippen LogP contribution is -2.39. The summed E-state index contributed by atoms with van der Waals surface area (Å²) in [6, 6.07) is 3.27. The van der Waals surface area contributed by atoms with Gasteiger partial charge in [-0.15, -0.1) is 0 Å². The first-order valence-electron chi connectivity index (χ1n) is 6.07. The SMILES string of the molecule is CC(C)N(CCO)C(=O)c1ccc(C#CCO)cn1. The van der Waals surface area contributed by atoms with Crippen molar-refractivity contribution >= 4 is 5.91 Å². The van der Waals surface area contributed by atoms with Gasteiger partial charge in [-0.2, -0.15) is 0 Å². The number of aliphatic hydroxyl groups is 2. The van der Waals surface area contributed by atoms with Gasteiger partial charge in [-0.3, -0.25) is 4.79 Å². The number of hydrogen-bond donors (Lipinski definition) is 2. The highest BCUT2D eigenvalue weighted by Crippen LogP contribution is 2.07. The highest BCUT2D eigenvalue weighted by Gasteiger charge is 2.18. The van der Waals surface area contributed by atoms with E-state index in [1.807, 2.05) is 13.8 Å². The lowest BCUT2D eigenvalue weighted by atomic mass is 10.2. The first-order chi connectivity index (χ1) is 9.10. The van der Waals surface area contributed by atoms with Gasteiger partial charge in [-0.25, -0.2) is 4.98 Å². The summed E-state index contributed by atoms with van der Waals surface area (Å²) in [5.41, 5.74) is 0.959. The zero-order chi connectivity index (χ0) is 14.3. The molecule has 0 aliphatic carbocycles. The third-order valence-corrected chi connectivity index (χ3v) is 2.52. The normalized spacial score (nSPS) is 9.95. The first kappa shape index (κ1) is 15.2. The molecule has 1 heterocycles. The molecule has 0 unspecified atom stereocenters. The molecular formula is C14H18N2O3. The van der Waals surface area contributed by atoms with Crippen LogP contribution in [0.2, 0.25) is 0 Å². The Kier molecular flexibility index (Phi) is 6.00. The van der Waals surface area contributed by atoms with Gasteiger partial charge >= 0.3 is 0 Å². The van der Waals surface area contributed by atoms with Crippen LogP contribution in [0.1, 0.15) is 29.9 Å². The van der Waals surface area contributed by atoms with Gasteiger partial charge in [0.2, 0.25) is 0 Å². The van der Waals surface area contributed by atoms with Crippen LogP contribution in [0.4, 0.5) is 0 Å². The Balaban J connectivity index is 2.87. The van der Waals surface area contributed by atoms with Gasteiger partial charge in [-0.05, 0) is 26.0 Å². The lowest BCUT2D eigenvalue weighted by Gasteiger charge is -2.25. The number of pyridine rings is 1. The maximum atomic E-state index is 12.2. The molecule has 0 saturated carbocycles. The number of carbonyl (C=O) groups excluding carboxylic acids is 1. The van der Waals surface area contributed by atoms with Gasteiger partial charge in [-0.1, -0.05) is 11.8 Å². The molecule has 1 aromatic rings. The van der Waals surface area contributed by atoms with Crippen molar-refractivity contribution in [1.29, 1.82) is 0 Å². The van der Waals surface area contributed by atoms with Gasteiger partial charge in [0.05, 0.1) is 6.61 Å². The number of aromatic nitrogens is 1. The van der Waals surface area contributed by atoms with E-state index in [9.17, 15) is 4.79 Å². The Labute approximate surface area is 112 Å². The molecule has 1 rings (SSSR count). The predicted molar refractivity (Wildman–Crippen MR) is 71.5 cm³/mol. The van der Waals surface area contributed by atoms with Crippen LogP contribution in [-0.2, 0) is 0 Å². The largest absolute Gasteiger partial charge is 0.395 e. The molecule has 0 aromatic carbocycles. The van der Waals surface area contributed by atoms with Crippen LogP contribution in [0.3, 0.4) is 0 Å². The number of amides is 1. The van der Waals surface area contributed by atoms with Crippen LogP contribution in [0.25, 0.3) is 0 Å². The summed E-state index contributed by atoms with van der Waals surface area (Å²) in [4.78, 5) is 17.8. The van der Waals surface area contributed by atoms with Gasteiger partial charge in [0.1, 0.15) is 12.3 Å². The second-order valence-corrected chi connectivity index (χ2v) is 4.21. The highest BCUT2D eigenvalue weighted by molar-refractivity contribution is 5.92. The number of hydrogen-bond acceptors (Lipinski definition) is 4. The van der Waals surface area contributed by atoms with E-state index in [-0.39, 0.29) is 31.7 Å². The fraction of sp³-hybridized carbons (Fsp3) is 0.429. The first-order valence-corrected chi connectivity index (χ1v) is 6.07. The summed E-state index contributed by atoms with van der Waals surface area (Å²) in [5, 5.41) is 17.6. The van der Waals surface area contributed by atoms with E-state index in [4.69, 9.17) is 10.2 Å². The quantitative estimate of drug-likeness (QED) is 0.764. The van der Waals surface area contributed by atoms with Crippen LogP contribution < -0.4 is 0 Å². The van der Waals surface area contributed by atoms with Crippen LogP contribution in [-0.4, -0.2) is 51.8 Å². The molecular weight excluding hydrogens is 244 g/mol. The minimum atomic E-state index is -0.217. The summed E-state index contributed by atoms with van der Waals surface area (Å²) in [6.07, 6.45) is 1.49. The zero-order valence-electron chi connectivity index (χ0n) is 11.1. The summed E-state index contributed by atoms with van der Waals surface area (Å²) in [5.74, 6) is 5.00. The molecule has 0 saturated heterocycles. The third-order valence-electron chi connectivity index (χ3n) is 2.52. The molecule has 0 fully saturated rings. The average Bonchev–Trinajstić information content (AvgIpc) is 2.42. The summed E-state index contributed by atoms with van der Waals surface area (Å²) in [7, 11) is 0. The van der Waals surface area contributed by atoms with Crippen LogP contribution in [0.5, 0.6) is 0 Å². The molecule has 102 valence electrons. The molecule has 19 heavy (non-hydrogen) atoms. The molecule has 2 N–H and O–H groups in total. The lowest BCUT2D eigenvalue weighted by molar-refractivity contribution is 0.0659. The molecule has 0 radical (unpaired) electrons. The molecule has 5 nitrogen and oxygen atoms in total. The van der Waals surface area contributed by atoms with Crippen LogP contribution in [0, 0.1) is 11.8 Å². The van der Waals surface area contributed by atoms with E-state index in [0.29, 0.717) is 11.3 Å². The van der Waals surface area contributed by atoms with Crippen molar-refractivity contribution in [2.24, 2.45) is 0 Å². The molecule has 1 aromatic heterocycles. The Morgan fingerprint density at radius 1 is 1.42 bits per heavy atom. The molecule has 0 spiro atoms. The topological polar surface area (TPSA) is 73.7 Å². The second kappa shape index (κ2) is 7.52. The van der Waals surface area contributed by atoms with Gasteiger partial charge < -0.3 is 15.1 Å². The smallest absolute Gasteiger partial charge is 0.272 e. The fourth-order valence-corrected chi connectivity index (χ4v) is 1.59. The predicted octanol–water partition coefficient (Wildman–Crippen LogP) is 0.268. The van der Waals surface area contributed by atoms with E-state index in [1.54, 1.807) is 17.0 Å². The van der Waals surface area contributed by atoms with Crippen molar-refractivity contribution in [1.82, 2.24) is 9.88 Å². The summed E-state index contributed by atoms with van der Waals surface area (Å²) >= 11 is 0.